The smallest absolute Gasteiger partial charge is 0.182 e. The monoisotopic (exact) mass is 224 g/mol. The van der Waals surface area contributed by atoms with Crippen molar-refractivity contribution in [3.8, 4) is 11.8 Å². The van der Waals surface area contributed by atoms with Crippen molar-refractivity contribution in [1.29, 1.82) is 5.26 Å². The van der Waals surface area contributed by atoms with Crippen molar-refractivity contribution < 1.29 is 4.74 Å². The minimum atomic E-state index is 0.334. The van der Waals surface area contributed by atoms with E-state index in [0.717, 1.165) is 6.42 Å². The molecule has 2 rings (SSSR count). The number of ether oxygens (including phenoxy) is 1. The topological polar surface area (TPSA) is 45.9 Å². The minimum absolute atomic E-state index is 0.334. The molecule has 0 atom stereocenters. The fourth-order valence-corrected chi connectivity index (χ4v) is 1.51. The van der Waals surface area contributed by atoms with Gasteiger partial charge in [-0.05, 0) is 17.7 Å². The van der Waals surface area contributed by atoms with Gasteiger partial charge in [0.25, 0.3) is 0 Å². The summed E-state index contributed by atoms with van der Waals surface area (Å²) in [6.07, 6.45) is 2.41. The van der Waals surface area contributed by atoms with Crippen LogP contribution in [0.3, 0.4) is 0 Å². The van der Waals surface area contributed by atoms with Gasteiger partial charge in [-0.25, -0.2) is 4.98 Å². The number of nitrogens with zero attached hydrogens (tertiary/aromatic N) is 2. The number of pyridine rings is 1. The molecule has 1 heterocycles. The Morgan fingerprint density at radius 3 is 2.71 bits per heavy atom. The van der Waals surface area contributed by atoms with Crippen molar-refractivity contribution in [2.45, 2.75) is 6.42 Å². The highest BCUT2D eigenvalue weighted by Crippen LogP contribution is 2.14. The maximum Gasteiger partial charge on any atom is 0.182 e. The molecule has 1 aromatic carbocycles. The highest BCUT2D eigenvalue weighted by Gasteiger charge is 2.02. The van der Waals surface area contributed by atoms with Crippen LogP contribution in [0.15, 0.2) is 48.7 Å². The lowest BCUT2D eigenvalue weighted by Gasteiger charge is -2.06. The number of nitriles is 1. The lowest BCUT2D eigenvalue weighted by atomic mass is 10.2. The zero-order chi connectivity index (χ0) is 11.9. The fraction of sp³-hybridized carbons (Fsp3) is 0.143. The van der Waals surface area contributed by atoms with E-state index < -0.39 is 0 Å². The molecule has 0 aliphatic rings. The molecule has 0 radical (unpaired) electrons. The highest BCUT2D eigenvalue weighted by molar-refractivity contribution is 5.36. The molecular weight excluding hydrogens is 212 g/mol. The summed E-state index contributed by atoms with van der Waals surface area (Å²) in [5.41, 5.74) is 1.55. The van der Waals surface area contributed by atoms with Gasteiger partial charge in [-0.3, -0.25) is 0 Å². The first-order valence-corrected chi connectivity index (χ1v) is 5.42. The summed E-state index contributed by atoms with van der Waals surface area (Å²) in [7, 11) is 0. The van der Waals surface area contributed by atoms with Gasteiger partial charge in [-0.2, -0.15) is 5.26 Å². The van der Waals surface area contributed by atoms with E-state index in [9.17, 15) is 0 Å². The maximum atomic E-state index is 8.84. The summed E-state index contributed by atoms with van der Waals surface area (Å²) in [6.45, 7) is 0.546. The van der Waals surface area contributed by atoms with Gasteiger partial charge in [0.1, 0.15) is 6.07 Å². The van der Waals surface area contributed by atoms with E-state index >= 15 is 0 Å². The number of rotatable bonds is 4. The van der Waals surface area contributed by atoms with Crippen LogP contribution in [-0.4, -0.2) is 11.6 Å². The molecule has 0 N–H and O–H groups in total. The van der Waals surface area contributed by atoms with Crippen molar-refractivity contribution in [1.82, 2.24) is 4.98 Å². The van der Waals surface area contributed by atoms with E-state index in [-0.39, 0.29) is 0 Å². The second-order valence-corrected chi connectivity index (χ2v) is 3.55. The van der Waals surface area contributed by atoms with Crippen LogP contribution in [0.1, 0.15) is 11.3 Å². The first kappa shape index (κ1) is 11.2. The van der Waals surface area contributed by atoms with E-state index in [1.165, 1.54) is 5.56 Å². The molecule has 3 nitrogen and oxygen atoms in total. The molecule has 17 heavy (non-hydrogen) atoms. The average molecular weight is 224 g/mol. The van der Waals surface area contributed by atoms with Gasteiger partial charge in [0.15, 0.2) is 11.4 Å². The Balaban J connectivity index is 1.93. The van der Waals surface area contributed by atoms with Crippen LogP contribution in [-0.2, 0) is 6.42 Å². The predicted octanol–water partition coefficient (Wildman–Crippen LogP) is 2.57. The zero-order valence-corrected chi connectivity index (χ0v) is 9.34. The summed E-state index contributed by atoms with van der Waals surface area (Å²) in [4.78, 5) is 3.94. The Morgan fingerprint density at radius 2 is 1.94 bits per heavy atom. The molecule has 0 aliphatic carbocycles. The first-order valence-electron chi connectivity index (χ1n) is 5.42. The molecule has 0 saturated heterocycles. The van der Waals surface area contributed by atoms with Gasteiger partial charge in [0.2, 0.25) is 0 Å². The molecule has 0 aliphatic heterocycles. The summed E-state index contributed by atoms with van der Waals surface area (Å²) < 4.78 is 5.55. The Morgan fingerprint density at radius 1 is 1.12 bits per heavy atom. The van der Waals surface area contributed by atoms with Gasteiger partial charge in [0.05, 0.1) is 6.61 Å². The van der Waals surface area contributed by atoms with E-state index in [0.29, 0.717) is 18.1 Å². The van der Waals surface area contributed by atoms with Crippen LogP contribution < -0.4 is 4.74 Å². The molecule has 0 unspecified atom stereocenters. The van der Waals surface area contributed by atoms with Crippen molar-refractivity contribution in [3.63, 3.8) is 0 Å². The standard InChI is InChI=1S/C14H12N2O/c15-11-13-14(7-4-9-16-13)17-10-8-12-5-2-1-3-6-12/h1-7,9H,8,10H2. The fourth-order valence-electron chi connectivity index (χ4n) is 1.51. The molecule has 2 aromatic rings. The molecule has 0 fully saturated rings. The lowest BCUT2D eigenvalue weighted by Crippen LogP contribution is -2.03. The summed E-state index contributed by atoms with van der Waals surface area (Å²) >= 11 is 0. The van der Waals surface area contributed by atoms with Crippen molar-refractivity contribution >= 4 is 0 Å². The normalized spacial score (nSPS) is 9.59. The van der Waals surface area contributed by atoms with Crippen molar-refractivity contribution in [2.75, 3.05) is 6.61 Å². The van der Waals surface area contributed by atoms with Gasteiger partial charge < -0.3 is 4.74 Å². The van der Waals surface area contributed by atoms with E-state index in [2.05, 4.69) is 17.1 Å². The summed E-state index contributed by atoms with van der Waals surface area (Å²) in [6, 6.07) is 15.6. The number of aromatic nitrogens is 1. The number of hydrogen-bond donors (Lipinski definition) is 0. The summed E-state index contributed by atoms with van der Waals surface area (Å²) in [5.74, 6) is 0.547. The first-order chi connectivity index (χ1) is 8.40. The van der Waals surface area contributed by atoms with Crippen LogP contribution in [0.2, 0.25) is 0 Å². The van der Waals surface area contributed by atoms with Gasteiger partial charge >= 0.3 is 0 Å². The molecule has 3 heteroatoms. The Labute approximate surface area is 100 Å². The van der Waals surface area contributed by atoms with Crippen LogP contribution >= 0.6 is 0 Å². The van der Waals surface area contributed by atoms with E-state index in [4.69, 9.17) is 10.00 Å². The highest BCUT2D eigenvalue weighted by atomic mass is 16.5. The third-order valence-corrected chi connectivity index (χ3v) is 2.37. The molecule has 0 spiro atoms. The largest absolute Gasteiger partial charge is 0.490 e. The zero-order valence-electron chi connectivity index (χ0n) is 9.34. The quantitative estimate of drug-likeness (QED) is 0.801. The predicted molar refractivity (Wildman–Crippen MR) is 64.6 cm³/mol. The van der Waals surface area contributed by atoms with Crippen LogP contribution in [0, 0.1) is 11.3 Å². The third-order valence-electron chi connectivity index (χ3n) is 2.37. The van der Waals surface area contributed by atoms with Gasteiger partial charge in [0, 0.05) is 12.6 Å². The molecular formula is C14H12N2O. The molecule has 1 aromatic heterocycles. The Kier molecular flexibility index (Phi) is 3.72. The van der Waals surface area contributed by atoms with Crippen LogP contribution in [0.25, 0.3) is 0 Å². The number of benzene rings is 1. The molecule has 0 amide bonds. The Bertz CT molecular complexity index is 517. The van der Waals surface area contributed by atoms with Crippen molar-refractivity contribution in [3.05, 3.63) is 59.9 Å². The van der Waals surface area contributed by atoms with Crippen LogP contribution in [0.4, 0.5) is 0 Å². The average Bonchev–Trinajstić information content (AvgIpc) is 2.40. The Hall–Kier alpha value is -2.34. The third kappa shape index (κ3) is 3.05. The lowest BCUT2D eigenvalue weighted by molar-refractivity contribution is 0.319. The summed E-state index contributed by atoms with van der Waals surface area (Å²) in [5, 5.41) is 8.84. The maximum absolute atomic E-state index is 8.84. The van der Waals surface area contributed by atoms with Crippen molar-refractivity contribution in [2.24, 2.45) is 0 Å². The second kappa shape index (κ2) is 5.66. The van der Waals surface area contributed by atoms with E-state index in [1.807, 2.05) is 24.3 Å². The SMILES string of the molecule is N#Cc1ncccc1OCCc1ccccc1. The minimum Gasteiger partial charge on any atom is -0.490 e. The second-order valence-electron chi connectivity index (χ2n) is 3.55. The number of hydrogen-bond acceptors (Lipinski definition) is 3. The molecule has 0 saturated carbocycles. The van der Waals surface area contributed by atoms with E-state index in [1.54, 1.807) is 18.3 Å². The van der Waals surface area contributed by atoms with Crippen LogP contribution in [0.5, 0.6) is 5.75 Å². The van der Waals surface area contributed by atoms with Gasteiger partial charge in [-0.15, -0.1) is 0 Å². The molecule has 84 valence electrons. The molecule has 0 bridgehead atoms. The van der Waals surface area contributed by atoms with Gasteiger partial charge in [-0.1, -0.05) is 30.3 Å².